The summed E-state index contributed by atoms with van der Waals surface area (Å²) < 4.78 is 5.84. The molecule has 184 valence electrons. The number of aromatic amines is 1. The Morgan fingerprint density at radius 2 is 1.94 bits per heavy atom. The molecule has 0 saturated heterocycles. The largest absolute Gasteiger partial charge is 0.492 e. The third-order valence-electron chi connectivity index (χ3n) is 6.16. The van der Waals surface area contributed by atoms with Crippen LogP contribution in [0.15, 0.2) is 65.6 Å². The lowest BCUT2D eigenvalue weighted by Crippen LogP contribution is -2.41. The minimum atomic E-state index is -0.922. The van der Waals surface area contributed by atoms with E-state index in [-0.39, 0.29) is 16.5 Å². The van der Waals surface area contributed by atoms with Crippen molar-refractivity contribution in [3.63, 3.8) is 0 Å². The monoisotopic (exact) mass is 496 g/mol. The number of hydrogen-bond donors (Lipinski definition) is 3. The standard InChI is InChI=1S/C26H29ClN4O4/c27-22-12-11-19(17-21(22)25(33)30-24(32)18-7-3-1-4-8-18)31(23-13-14-28-26(34)29-23)15-16-35-20-9-5-2-6-10-20/h2,5-6,9-14,17-18,24,32H,1,3-4,7-8,15-16H2,(H,30,33)(H,28,29,34). The highest BCUT2D eigenvalue weighted by molar-refractivity contribution is 6.34. The number of ether oxygens (including phenoxy) is 1. The van der Waals surface area contributed by atoms with Crippen LogP contribution in [-0.4, -0.2) is 40.4 Å². The van der Waals surface area contributed by atoms with E-state index in [1.807, 2.05) is 35.2 Å². The molecule has 1 amide bonds. The second kappa shape index (κ2) is 11.9. The van der Waals surface area contributed by atoms with Gasteiger partial charge in [0.15, 0.2) is 0 Å². The van der Waals surface area contributed by atoms with Gasteiger partial charge in [0.25, 0.3) is 5.91 Å². The van der Waals surface area contributed by atoms with Crippen LogP contribution in [0.3, 0.4) is 0 Å². The Labute approximate surface area is 208 Å². The van der Waals surface area contributed by atoms with Crippen LogP contribution in [-0.2, 0) is 0 Å². The van der Waals surface area contributed by atoms with Crippen molar-refractivity contribution in [1.82, 2.24) is 15.3 Å². The lowest BCUT2D eigenvalue weighted by Gasteiger charge is -2.27. The van der Waals surface area contributed by atoms with Crippen LogP contribution in [0.1, 0.15) is 42.5 Å². The summed E-state index contributed by atoms with van der Waals surface area (Å²) in [6, 6.07) is 16.1. The highest BCUT2D eigenvalue weighted by Crippen LogP contribution is 2.29. The van der Waals surface area contributed by atoms with Crippen molar-refractivity contribution in [2.45, 2.75) is 38.3 Å². The lowest BCUT2D eigenvalue weighted by atomic mass is 9.88. The number of amides is 1. The van der Waals surface area contributed by atoms with E-state index < -0.39 is 17.8 Å². The van der Waals surface area contributed by atoms with E-state index in [2.05, 4.69) is 15.3 Å². The Balaban J connectivity index is 1.55. The van der Waals surface area contributed by atoms with Gasteiger partial charge in [0, 0.05) is 17.8 Å². The number of aromatic nitrogens is 2. The van der Waals surface area contributed by atoms with E-state index >= 15 is 0 Å². The highest BCUT2D eigenvalue weighted by atomic mass is 35.5. The van der Waals surface area contributed by atoms with Crippen molar-refractivity contribution in [2.24, 2.45) is 5.92 Å². The van der Waals surface area contributed by atoms with Gasteiger partial charge >= 0.3 is 5.69 Å². The SMILES string of the molecule is O=C(NC(O)C1CCCCC1)c1cc(N(CCOc2ccccc2)c2ccnc(=O)[nH]2)ccc1Cl. The van der Waals surface area contributed by atoms with Crippen molar-refractivity contribution in [2.75, 3.05) is 18.1 Å². The molecule has 4 rings (SSSR count). The van der Waals surface area contributed by atoms with Gasteiger partial charge in [0.05, 0.1) is 17.1 Å². The summed E-state index contributed by atoms with van der Waals surface area (Å²) in [6.07, 6.45) is 5.54. The summed E-state index contributed by atoms with van der Waals surface area (Å²) in [5.74, 6) is 0.822. The molecule has 1 aromatic heterocycles. The number of nitrogens with zero attached hydrogens (tertiary/aromatic N) is 2. The van der Waals surface area contributed by atoms with Crippen LogP contribution in [0.4, 0.5) is 11.5 Å². The van der Waals surface area contributed by atoms with Gasteiger partial charge in [-0.2, -0.15) is 0 Å². The van der Waals surface area contributed by atoms with E-state index in [1.165, 1.54) is 6.20 Å². The lowest BCUT2D eigenvalue weighted by molar-refractivity contribution is 0.0463. The number of rotatable bonds is 9. The van der Waals surface area contributed by atoms with Gasteiger partial charge in [0.2, 0.25) is 0 Å². The first-order valence-electron chi connectivity index (χ1n) is 11.8. The molecule has 3 N–H and O–H groups in total. The molecule has 0 bridgehead atoms. The topological polar surface area (TPSA) is 108 Å². The first-order valence-corrected chi connectivity index (χ1v) is 12.2. The molecule has 9 heteroatoms. The Hall–Kier alpha value is -3.36. The maximum absolute atomic E-state index is 13.0. The molecular formula is C26H29ClN4O4. The highest BCUT2D eigenvalue weighted by Gasteiger charge is 2.25. The number of anilines is 2. The molecule has 1 aliphatic carbocycles. The Kier molecular flexibility index (Phi) is 8.39. The maximum Gasteiger partial charge on any atom is 0.346 e. The zero-order valence-electron chi connectivity index (χ0n) is 19.3. The Morgan fingerprint density at radius 3 is 2.69 bits per heavy atom. The average Bonchev–Trinajstić information content (AvgIpc) is 2.88. The minimum absolute atomic E-state index is 0.0446. The molecule has 0 spiro atoms. The smallest absolute Gasteiger partial charge is 0.346 e. The summed E-state index contributed by atoms with van der Waals surface area (Å²) >= 11 is 6.37. The molecule has 1 heterocycles. The van der Waals surface area contributed by atoms with Crippen molar-refractivity contribution in [3.8, 4) is 5.75 Å². The third kappa shape index (κ3) is 6.61. The fourth-order valence-electron chi connectivity index (χ4n) is 4.31. The normalized spacial score (nSPS) is 14.8. The Bertz CT molecular complexity index is 1180. The zero-order chi connectivity index (χ0) is 24.6. The molecule has 1 atom stereocenters. The van der Waals surface area contributed by atoms with Gasteiger partial charge in [-0.05, 0) is 49.2 Å². The van der Waals surface area contributed by atoms with Crippen LogP contribution in [0.2, 0.25) is 5.02 Å². The molecule has 1 fully saturated rings. The summed E-state index contributed by atoms with van der Waals surface area (Å²) in [4.78, 5) is 33.1. The maximum atomic E-state index is 13.0. The third-order valence-corrected chi connectivity index (χ3v) is 6.49. The number of para-hydroxylation sites is 1. The number of aliphatic hydroxyl groups is 1. The predicted molar refractivity (Wildman–Crippen MR) is 135 cm³/mol. The van der Waals surface area contributed by atoms with Gasteiger partial charge in [-0.25, -0.2) is 9.78 Å². The molecule has 1 unspecified atom stereocenters. The van der Waals surface area contributed by atoms with Gasteiger partial charge in [-0.15, -0.1) is 0 Å². The van der Waals surface area contributed by atoms with Crippen LogP contribution < -0.4 is 20.6 Å². The second-order valence-electron chi connectivity index (χ2n) is 8.55. The van der Waals surface area contributed by atoms with Crippen molar-refractivity contribution < 1.29 is 14.6 Å². The number of aliphatic hydroxyl groups excluding tert-OH is 1. The molecule has 3 aromatic rings. The fraction of sp³-hybridized carbons (Fsp3) is 0.346. The molecule has 35 heavy (non-hydrogen) atoms. The van der Waals surface area contributed by atoms with E-state index in [0.717, 1.165) is 37.9 Å². The van der Waals surface area contributed by atoms with Gasteiger partial charge in [0.1, 0.15) is 24.4 Å². The number of hydrogen-bond acceptors (Lipinski definition) is 6. The first kappa shape index (κ1) is 24.8. The summed E-state index contributed by atoms with van der Waals surface area (Å²) in [7, 11) is 0. The summed E-state index contributed by atoms with van der Waals surface area (Å²) in [6.45, 7) is 0.696. The molecule has 1 saturated carbocycles. The molecule has 2 aromatic carbocycles. The van der Waals surface area contributed by atoms with Crippen molar-refractivity contribution in [1.29, 1.82) is 0 Å². The number of carbonyl (C=O) groups is 1. The van der Waals surface area contributed by atoms with Gasteiger partial charge < -0.3 is 20.1 Å². The number of benzene rings is 2. The van der Waals surface area contributed by atoms with Gasteiger partial charge in [-0.3, -0.25) is 9.78 Å². The summed E-state index contributed by atoms with van der Waals surface area (Å²) in [5, 5.41) is 13.5. The molecule has 1 aliphatic rings. The van der Waals surface area contributed by atoms with Crippen molar-refractivity contribution >= 4 is 29.0 Å². The number of nitrogens with one attached hydrogen (secondary N) is 2. The Morgan fingerprint density at radius 1 is 1.17 bits per heavy atom. The summed E-state index contributed by atoms with van der Waals surface area (Å²) in [5.41, 5.74) is 0.383. The molecule has 8 nitrogen and oxygen atoms in total. The van der Waals surface area contributed by atoms with Crippen molar-refractivity contribution in [3.05, 3.63) is 81.9 Å². The zero-order valence-corrected chi connectivity index (χ0v) is 20.1. The molecule has 0 aliphatic heterocycles. The van der Waals surface area contributed by atoms with E-state index in [0.29, 0.717) is 24.7 Å². The number of carbonyl (C=O) groups excluding carboxylic acids is 1. The number of H-pyrrole nitrogens is 1. The predicted octanol–water partition coefficient (Wildman–Crippen LogP) is 4.27. The van der Waals surface area contributed by atoms with Crippen LogP contribution in [0.5, 0.6) is 5.75 Å². The average molecular weight is 497 g/mol. The van der Waals surface area contributed by atoms with Gasteiger partial charge in [-0.1, -0.05) is 49.1 Å². The fourth-order valence-corrected chi connectivity index (χ4v) is 4.52. The molecule has 0 radical (unpaired) electrons. The second-order valence-corrected chi connectivity index (χ2v) is 8.96. The molecular weight excluding hydrogens is 468 g/mol. The van der Waals surface area contributed by atoms with Crippen LogP contribution in [0.25, 0.3) is 0 Å². The van der Waals surface area contributed by atoms with E-state index in [1.54, 1.807) is 24.3 Å². The first-order chi connectivity index (χ1) is 17.0. The minimum Gasteiger partial charge on any atom is -0.492 e. The van der Waals surface area contributed by atoms with E-state index in [4.69, 9.17) is 16.3 Å². The number of halogens is 1. The van der Waals surface area contributed by atoms with E-state index in [9.17, 15) is 14.7 Å². The van der Waals surface area contributed by atoms with Crippen LogP contribution >= 0.6 is 11.6 Å². The van der Waals surface area contributed by atoms with Crippen LogP contribution in [0, 0.1) is 5.92 Å². The quantitative estimate of drug-likeness (QED) is 0.382.